The molecule has 0 unspecified atom stereocenters. The number of pyridine rings is 1. The molecule has 1 aliphatic rings. The lowest BCUT2D eigenvalue weighted by Gasteiger charge is -2.17. The zero-order chi connectivity index (χ0) is 25.1. The topological polar surface area (TPSA) is 84.5 Å². The lowest BCUT2D eigenvalue weighted by atomic mass is 10.0. The third kappa shape index (κ3) is 4.68. The Morgan fingerprint density at radius 1 is 0.917 bits per heavy atom. The standard InChI is InChI=1S/C28H33N5O3/c1-18-7-8-19(14-23(18)29-9-12-33-10-5-6-11-33)21-13-22-26(31-32-28(22)30-17-21)20-15-24(34-2)27(36-4)25(16-20)35-3/h7-8,13-17,29H,5-6,9-12H2,1-4H3,(H,30,31,32). The molecule has 5 rings (SSSR count). The molecule has 0 atom stereocenters. The van der Waals surface area contributed by atoms with Crippen LogP contribution in [-0.4, -0.2) is 67.6 Å². The summed E-state index contributed by atoms with van der Waals surface area (Å²) in [5.74, 6) is 1.72. The van der Waals surface area contributed by atoms with Crippen LogP contribution in [-0.2, 0) is 0 Å². The van der Waals surface area contributed by atoms with E-state index in [4.69, 9.17) is 14.2 Å². The average molecular weight is 488 g/mol. The van der Waals surface area contributed by atoms with Crippen LogP contribution < -0.4 is 19.5 Å². The summed E-state index contributed by atoms with van der Waals surface area (Å²) in [6.07, 6.45) is 4.51. The molecule has 1 aliphatic heterocycles. The predicted octanol–water partition coefficient (Wildman–Crippen LogP) is 5.13. The van der Waals surface area contributed by atoms with E-state index in [2.05, 4.69) is 56.6 Å². The molecule has 4 aromatic rings. The van der Waals surface area contributed by atoms with Crippen molar-refractivity contribution < 1.29 is 14.2 Å². The molecule has 1 saturated heterocycles. The van der Waals surface area contributed by atoms with E-state index in [1.165, 1.54) is 31.5 Å². The lowest BCUT2D eigenvalue weighted by Crippen LogP contribution is -2.26. The number of nitrogens with zero attached hydrogens (tertiary/aromatic N) is 3. The smallest absolute Gasteiger partial charge is 0.203 e. The largest absolute Gasteiger partial charge is 0.493 e. The molecule has 0 radical (unpaired) electrons. The summed E-state index contributed by atoms with van der Waals surface area (Å²) in [6.45, 7) is 6.58. The molecule has 2 aromatic carbocycles. The van der Waals surface area contributed by atoms with Crippen LogP contribution in [0.1, 0.15) is 18.4 Å². The molecule has 3 heterocycles. The van der Waals surface area contributed by atoms with Crippen molar-refractivity contribution in [3.63, 3.8) is 0 Å². The maximum atomic E-state index is 5.55. The number of fused-ring (bicyclic) bond motifs is 1. The number of ether oxygens (including phenoxy) is 3. The molecule has 36 heavy (non-hydrogen) atoms. The highest BCUT2D eigenvalue weighted by atomic mass is 16.5. The van der Waals surface area contributed by atoms with Crippen molar-refractivity contribution in [3.8, 4) is 39.6 Å². The van der Waals surface area contributed by atoms with Gasteiger partial charge in [0, 0.05) is 41.5 Å². The van der Waals surface area contributed by atoms with Crippen LogP contribution in [0.5, 0.6) is 17.2 Å². The summed E-state index contributed by atoms with van der Waals surface area (Å²) in [7, 11) is 4.82. The number of aromatic nitrogens is 3. The molecule has 0 spiro atoms. The van der Waals surface area contributed by atoms with Crippen molar-refractivity contribution in [1.29, 1.82) is 0 Å². The van der Waals surface area contributed by atoms with Crippen LogP contribution >= 0.6 is 0 Å². The Bertz CT molecular complexity index is 1340. The van der Waals surface area contributed by atoms with Gasteiger partial charge in [-0.05, 0) is 68.2 Å². The third-order valence-electron chi connectivity index (χ3n) is 6.88. The van der Waals surface area contributed by atoms with Crippen molar-refractivity contribution >= 4 is 16.7 Å². The maximum absolute atomic E-state index is 5.55. The Labute approximate surface area is 211 Å². The van der Waals surface area contributed by atoms with Gasteiger partial charge in [-0.25, -0.2) is 4.98 Å². The van der Waals surface area contributed by atoms with Gasteiger partial charge in [0.15, 0.2) is 17.1 Å². The fraction of sp³-hybridized carbons (Fsp3) is 0.357. The van der Waals surface area contributed by atoms with Gasteiger partial charge in [0.1, 0.15) is 0 Å². The molecule has 2 aromatic heterocycles. The molecule has 0 saturated carbocycles. The highest BCUT2D eigenvalue weighted by Crippen LogP contribution is 2.42. The summed E-state index contributed by atoms with van der Waals surface area (Å²) in [5.41, 5.74) is 6.89. The van der Waals surface area contributed by atoms with E-state index in [0.29, 0.717) is 22.9 Å². The van der Waals surface area contributed by atoms with Crippen LogP contribution in [0.4, 0.5) is 5.69 Å². The zero-order valence-corrected chi connectivity index (χ0v) is 21.4. The highest BCUT2D eigenvalue weighted by molar-refractivity contribution is 5.94. The number of benzene rings is 2. The number of likely N-dealkylation sites (tertiary alicyclic amines) is 1. The van der Waals surface area contributed by atoms with E-state index < -0.39 is 0 Å². The lowest BCUT2D eigenvalue weighted by molar-refractivity contribution is 0.324. The average Bonchev–Trinajstić information content (AvgIpc) is 3.58. The SMILES string of the molecule is COc1cc(-c2[nH]nc3ncc(-c4ccc(C)c(NCCN5CCCC5)c4)cc23)cc(OC)c1OC. The number of H-pyrrole nitrogens is 1. The van der Waals surface area contributed by atoms with Crippen LogP contribution in [0, 0.1) is 6.92 Å². The molecule has 1 fully saturated rings. The molecule has 8 heteroatoms. The van der Waals surface area contributed by atoms with Gasteiger partial charge in [-0.1, -0.05) is 12.1 Å². The predicted molar refractivity (Wildman–Crippen MR) is 143 cm³/mol. The summed E-state index contributed by atoms with van der Waals surface area (Å²) >= 11 is 0. The number of aromatic amines is 1. The zero-order valence-electron chi connectivity index (χ0n) is 21.4. The van der Waals surface area contributed by atoms with Crippen molar-refractivity contribution in [3.05, 3.63) is 48.2 Å². The van der Waals surface area contributed by atoms with Gasteiger partial charge in [0.2, 0.25) is 5.75 Å². The van der Waals surface area contributed by atoms with E-state index in [0.717, 1.165) is 46.5 Å². The van der Waals surface area contributed by atoms with Gasteiger partial charge in [0.25, 0.3) is 0 Å². The number of hydrogen-bond acceptors (Lipinski definition) is 7. The van der Waals surface area contributed by atoms with Crippen LogP contribution in [0.3, 0.4) is 0 Å². The quantitative estimate of drug-likeness (QED) is 0.338. The van der Waals surface area contributed by atoms with Gasteiger partial charge >= 0.3 is 0 Å². The minimum absolute atomic E-state index is 0.552. The molecule has 8 nitrogen and oxygen atoms in total. The summed E-state index contributed by atoms with van der Waals surface area (Å²) in [4.78, 5) is 7.15. The number of hydrogen-bond donors (Lipinski definition) is 2. The van der Waals surface area contributed by atoms with Crippen molar-refractivity contribution in [2.75, 3.05) is 52.8 Å². The molecule has 188 valence electrons. The normalized spacial score (nSPS) is 13.8. The fourth-order valence-corrected chi connectivity index (χ4v) is 4.85. The van der Waals surface area contributed by atoms with E-state index in [9.17, 15) is 0 Å². The Hall–Kier alpha value is -3.78. The van der Waals surface area contributed by atoms with Crippen LogP contribution in [0.2, 0.25) is 0 Å². The first-order valence-electron chi connectivity index (χ1n) is 12.3. The Morgan fingerprint density at radius 2 is 1.67 bits per heavy atom. The first kappa shape index (κ1) is 23.9. The number of rotatable bonds is 9. The third-order valence-corrected chi connectivity index (χ3v) is 6.88. The van der Waals surface area contributed by atoms with Crippen LogP contribution in [0.15, 0.2) is 42.6 Å². The minimum atomic E-state index is 0.552. The first-order valence-corrected chi connectivity index (χ1v) is 12.3. The molecular weight excluding hydrogens is 454 g/mol. The van der Waals surface area contributed by atoms with Gasteiger partial charge in [-0.2, -0.15) is 5.10 Å². The van der Waals surface area contributed by atoms with Crippen molar-refractivity contribution in [2.24, 2.45) is 0 Å². The van der Waals surface area contributed by atoms with Crippen molar-refractivity contribution in [1.82, 2.24) is 20.1 Å². The number of anilines is 1. The van der Waals surface area contributed by atoms with Gasteiger partial charge < -0.3 is 24.4 Å². The Kier molecular flexibility index (Phi) is 6.95. The second kappa shape index (κ2) is 10.5. The summed E-state index contributed by atoms with van der Waals surface area (Å²) in [5, 5.41) is 12.1. The summed E-state index contributed by atoms with van der Waals surface area (Å²) in [6, 6.07) is 12.5. The second-order valence-electron chi connectivity index (χ2n) is 9.11. The van der Waals surface area contributed by atoms with E-state index in [-0.39, 0.29) is 0 Å². The monoisotopic (exact) mass is 487 g/mol. The molecule has 0 amide bonds. The Morgan fingerprint density at radius 3 is 2.36 bits per heavy atom. The highest BCUT2D eigenvalue weighted by Gasteiger charge is 2.18. The van der Waals surface area contributed by atoms with Gasteiger partial charge in [-0.3, -0.25) is 5.10 Å². The molecule has 0 aliphatic carbocycles. The number of aryl methyl sites for hydroxylation is 1. The number of methoxy groups -OCH3 is 3. The van der Waals surface area contributed by atoms with Gasteiger partial charge in [0.05, 0.1) is 27.0 Å². The van der Waals surface area contributed by atoms with E-state index >= 15 is 0 Å². The van der Waals surface area contributed by atoms with Gasteiger partial charge in [-0.15, -0.1) is 0 Å². The van der Waals surface area contributed by atoms with Crippen molar-refractivity contribution in [2.45, 2.75) is 19.8 Å². The second-order valence-corrected chi connectivity index (χ2v) is 9.11. The number of nitrogens with one attached hydrogen (secondary N) is 2. The van der Waals surface area contributed by atoms with E-state index in [1.54, 1.807) is 21.3 Å². The van der Waals surface area contributed by atoms with E-state index in [1.807, 2.05) is 18.3 Å². The van der Waals surface area contributed by atoms with Crippen LogP contribution in [0.25, 0.3) is 33.4 Å². The first-order chi connectivity index (χ1) is 17.6. The fourth-order valence-electron chi connectivity index (χ4n) is 4.85. The molecular formula is C28H33N5O3. The Balaban J connectivity index is 1.46. The molecule has 0 bridgehead atoms. The maximum Gasteiger partial charge on any atom is 0.203 e. The molecule has 2 N–H and O–H groups in total. The minimum Gasteiger partial charge on any atom is -0.493 e. The summed E-state index contributed by atoms with van der Waals surface area (Å²) < 4.78 is 16.6.